The maximum absolute atomic E-state index is 12.7. The van der Waals surface area contributed by atoms with Gasteiger partial charge in [0.05, 0.1) is 18.2 Å². The molecule has 3 nitrogen and oxygen atoms in total. The van der Waals surface area contributed by atoms with Crippen molar-refractivity contribution in [2.45, 2.75) is 51.2 Å². The maximum Gasteiger partial charge on any atom is 0.198 e. The van der Waals surface area contributed by atoms with Gasteiger partial charge in [-0.1, -0.05) is 39.8 Å². The van der Waals surface area contributed by atoms with E-state index >= 15 is 0 Å². The summed E-state index contributed by atoms with van der Waals surface area (Å²) in [4.78, 5) is 12.7. The monoisotopic (exact) mass is 339 g/mol. The van der Waals surface area contributed by atoms with Crippen LogP contribution in [0.5, 0.6) is 0 Å². The van der Waals surface area contributed by atoms with Crippen LogP contribution >= 0.6 is 0 Å². The van der Waals surface area contributed by atoms with Gasteiger partial charge in [-0.05, 0) is 46.3 Å². The Kier molecular flexibility index (Phi) is 4.50. The maximum atomic E-state index is 12.7. The quantitative estimate of drug-likeness (QED) is 0.750. The Bertz CT molecular complexity index is 717. The number of carbonyl (C=O) groups is 1. The van der Waals surface area contributed by atoms with Crippen molar-refractivity contribution in [3.63, 3.8) is 0 Å². The number of nitriles is 1. The minimum absolute atomic E-state index is 0.237. The van der Waals surface area contributed by atoms with E-state index in [0.29, 0.717) is 35.6 Å². The lowest BCUT2D eigenvalue weighted by Crippen LogP contribution is -2.49. The largest absolute Gasteiger partial charge is 0.412 e. The summed E-state index contributed by atoms with van der Waals surface area (Å²) in [6.07, 6.45) is 0.627. The van der Waals surface area contributed by atoms with E-state index < -0.39 is 8.32 Å². The van der Waals surface area contributed by atoms with Crippen LogP contribution in [0.25, 0.3) is 5.57 Å². The van der Waals surface area contributed by atoms with E-state index in [1.54, 1.807) is 12.1 Å². The highest BCUT2D eigenvalue weighted by Gasteiger charge is 2.50. The predicted molar refractivity (Wildman–Crippen MR) is 97.9 cm³/mol. The molecule has 1 aromatic carbocycles. The molecule has 0 spiro atoms. The molecule has 1 aliphatic heterocycles. The van der Waals surface area contributed by atoms with Gasteiger partial charge in [-0.25, -0.2) is 0 Å². The third kappa shape index (κ3) is 2.66. The zero-order chi connectivity index (χ0) is 17.5. The SMILES string of the molecule is CC(C)[Si]1(C(C)C)CC2CC(=O)C(c3ccc(C#N)cc3)=C2CO1. The number of allylic oxidation sites excluding steroid dienone is 1. The third-order valence-corrected chi connectivity index (χ3v) is 11.6. The Balaban J connectivity index is 1.96. The van der Waals surface area contributed by atoms with Crippen molar-refractivity contribution in [1.29, 1.82) is 5.26 Å². The van der Waals surface area contributed by atoms with Gasteiger partial charge in [0.2, 0.25) is 0 Å². The number of hydrogen-bond donors (Lipinski definition) is 0. The fourth-order valence-corrected chi connectivity index (χ4v) is 9.05. The van der Waals surface area contributed by atoms with Gasteiger partial charge < -0.3 is 4.43 Å². The Hall–Kier alpha value is -1.70. The number of hydrogen-bond acceptors (Lipinski definition) is 3. The van der Waals surface area contributed by atoms with Gasteiger partial charge in [-0.15, -0.1) is 0 Å². The topological polar surface area (TPSA) is 50.1 Å². The molecule has 0 bridgehead atoms. The summed E-state index contributed by atoms with van der Waals surface area (Å²) in [6, 6.07) is 10.5. The average molecular weight is 340 g/mol. The summed E-state index contributed by atoms with van der Waals surface area (Å²) < 4.78 is 6.52. The molecule has 0 amide bonds. The van der Waals surface area contributed by atoms with Crippen LogP contribution in [0.1, 0.15) is 45.2 Å². The number of ketones is 1. The molecule has 1 fully saturated rings. The number of carbonyl (C=O) groups excluding carboxylic acids is 1. The normalized spacial score (nSPS) is 22.9. The summed E-state index contributed by atoms with van der Waals surface area (Å²) in [7, 11) is -1.83. The van der Waals surface area contributed by atoms with E-state index in [1.807, 2.05) is 12.1 Å². The van der Waals surface area contributed by atoms with Gasteiger partial charge in [-0.3, -0.25) is 4.79 Å². The highest BCUT2D eigenvalue weighted by molar-refractivity contribution is 6.76. The van der Waals surface area contributed by atoms with E-state index in [4.69, 9.17) is 9.69 Å². The second kappa shape index (κ2) is 6.31. The van der Waals surface area contributed by atoms with Gasteiger partial charge in [0.1, 0.15) is 0 Å². The minimum atomic E-state index is -1.83. The van der Waals surface area contributed by atoms with Crippen LogP contribution in [-0.2, 0) is 9.22 Å². The standard InChI is InChI=1S/C20H25NO2Si/c1-13(2)24(14(3)4)12-17-9-19(22)20(18(17)11-23-24)16-7-5-15(10-21)6-8-16/h5-8,13-14,17H,9,11-12H2,1-4H3. The molecule has 126 valence electrons. The summed E-state index contributed by atoms with van der Waals surface area (Å²) in [5.41, 5.74) is 4.72. The molecule has 2 aliphatic rings. The lowest BCUT2D eigenvalue weighted by atomic mass is 9.98. The fraction of sp³-hybridized carbons (Fsp3) is 0.500. The molecule has 1 saturated heterocycles. The van der Waals surface area contributed by atoms with Gasteiger partial charge >= 0.3 is 0 Å². The predicted octanol–water partition coefficient (Wildman–Crippen LogP) is 4.70. The molecule has 1 heterocycles. The molecule has 0 aromatic heterocycles. The average Bonchev–Trinajstić information content (AvgIpc) is 2.89. The summed E-state index contributed by atoms with van der Waals surface area (Å²) >= 11 is 0. The zero-order valence-electron chi connectivity index (χ0n) is 14.9. The van der Waals surface area contributed by atoms with Crippen molar-refractivity contribution in [3.05, 3.63) is 41.0 Å². The smallest absolute Gasteiger partial charge is 0.198 e. The van der Waals surface area contributed by atoms with Crippen LogP contribution in [0.2, 0.25) is 17.1 Å². The first kappa shape index (κ1) is 17.1. The number of nitrogens with zero attached hydrogens (tertiary/aromatic N) is 1. The molecule has 1 atom stereocenters. The van der Waals surface area contributed by atoms with Crippen molar-refractivity contribution in [2.75, 3.05) is 6.61 Å². The Morgan fingerprint density at radius 2 is 1.79 bits per heavy atom. The van der Waals surface area contributed by atoms with Crippen LogP contribution in [0.15, 0.2) is 29.8 Å². The first-order valence-electron chi connectivity index (χ1n) is 8.79. The molecule has 4 heteroatoms. The second-order valence-electron chi connectivity index (χ2n) is 7.67. The second-order valence-corrected chi connectivity index (χ2v) is 12.6. The number of benzene rings is 1. The summed E-state index contributed by atoms with van der Waals surface area (Å²) in [5, 5.41) is 8.95. The molecule has 0 saturated carbocycles. The number of fused-ring (bicyclic) bond motifs is 1. The van der Waals surface area contributed by atoms with Crippen molar-refractivity contribution >= 4 is 19.7 Å². The molecule has 0 radical (unpaired) electrons. The molecule has 1 unspecified atom stereocenters. The first-order chi connectivity index (χ1) is 11.4. The van der Waals surface area contributed by atoms with Crippen LogP contribution < -0.4 is 0 Å². The Morgan fingerprint density at radius 3 is 2.33 bits per heavy atom. The first-order valence-corrected chi connectivity index (χ1v) is 11.1. The molecule has 24 heavy (non-hydrogen) atoms. The van der Waals surface area contributed by atoms with Crippen molar-refractivity contribution < 1.29 is 9.22 Å². The minimum Gasteiger partial charge on any atom is -0.412 e. The lowest BCUT2D eigenvalue weighted by Gasteiger charge is -2.44. The highest BCUT2D eigenvalue weighted by atomic mass is 28.4. The molecular formula is C20H25NO2Si. The molecular weight excluding hydrogens is 314 g/mol. The lowest BCUT2D eigenvalue weighted by molar-refractivity contribution is -0.113. The van der Waals surface area contributed by atoms with Crippen molar-refractivity contribution in [3.8, 4) is 6.07 Å². The Morgan fingerprint density at radius 1 is 1.17 bits per heavy atom. The van der Waals surface area contributed by atoms with Crippen LogP contribution in [0.3, 0.4) is 0 Å². The number of rotatable bonds is 3. The van der Waals surface area contributed by atoms with E-state index in [0.717, 1.165) is 17.2 Å². The van der Waals surface area contributed by atoms with Gasteiger partial charge in [0.15, 0.2) is 14.1 Å². The third-order valence-electron chi connectivity index (χ3n) is 5.84. The Labute approximate surface area is 145 Å². The molecule has 1 aliphatic carbocycles. The van der Waals surface area contributed by atoms with E-state index in [-0.39, 0.29) is 5.78 Å². The zero-order valence-corrected chi connectivity index (χ0v) is 15.9. The van der Waals surface area contributed by atoms with Gasteiger partial charge in [0, 0.05) is 12.0 Å². The molecule has 3 rings (SSSR count). The van der Waals surface area contributed by atoms with E-state index in [1.165, 1.54) is 5.57 Å². The van der Waals surface area contributed by atoms with Crippen LogP contribution in [-0.4, -0.2) is 20.7 Å². The highest BCUT2D eigenvalue weighted by Crippen LogP contribution is 2.49. The molecule has 1 aromatic rings. The fourth-order valence-electron chi connectivity index (χ4n) is 4.40. The van der Waals surface area contributed by atoms with Crippen molar-refractivity contribution in [1.82, 2.24) is 0 Å². The van der Waals surface area contributed by atoms with Crippen molar-refractivity contribution in [2.24, 2.45) is 5.92 Å². The molecule has 0 N–H and O–H groups in total. The van der Waals surface area contributed by atoms with Gasteiger partial charge in [0.25, 0.3) is 0 Å². The van der Waals surface area contributed by atoms with Gasteiger partial charge in [-0.2, -0.15) is 5.26 Å². The summed E-state index contributed by atoms with van der Waals surface area (Å²) in [5.74, 6) is 0.592. The summed E-state index contributed by atoms with van der Waals surface area (Å²) in [6.45, 7) is 9.71. The van der Waals surface area contributed by atoms with E-state index in [2.05, 4.69) is 33.8 Å². The number of Topliss-reactive ketones (excluding diaryl/α,β-unsaturated/α-hetero) is 1. The van der Waals surface area contributed by atoms with Crippen LogP contribution in [0.4, 0.5) is 0 Å². The van der Waals surface area contributed by atoms with Crippen LogP contribution in [0, 0.1) is 17.2 Å². The van der Waals surface area contributed by atoms with E-state index in [9.17, 15) is 4.79 Å².